The fourth-order valence-corrected chi connectivity index (χ4v) is 6.41. The van der Waals surface area contributed by atoms with Crippen LogP contribution in [0.2, 0.25) is 0 Å². The predicted octanol–water partition coefficient (Wildman–Crippen LogP) is 11.7. The second kappa shape index (κ2) is 13.9. The molecular formula is C43H38BrN. The second-order valence-electron chi connectivity index (χ2n) is 11.0. The van der Waals surface area contributed by atoms with Crippen LogP contribution in [0.1, 0.15) is 54.2 Å². The molecule has 0 spiro atoms. The second-order valence-corrected chi connectivity index (χ2v) is 11.9. The predicted molar refractivity (Wildman–Crippen MR) is 196 cm³/mol. The molecule has 0 radical (unpaired) electrons. The largest absolute Gasteiger partial charge is 0.398 e. The van der Waals surface area contributed by atoms with Gasteiger partial charge < -0.3 is 5.73 Å². The zero-order valence-corrected chi connectivity index (χ0v) is 28.0. The van der Waals surface area contributed by atoms with Crippen molar-refractivity contribution in [2.75, 3.05) is 5.73 Å². The molecule has 1 aliphatic carbocycles. The van der Waals surface area contributed by atoms with Crippen LogP contribution in [0, 0.1) is 19.1 Å². The van der Waals surface area contributed by atoms with Gasteiger partial charge in [-0.2, -0.15) is 0 Å². The van der Waals surface area contributed by atoms with E-state index in [0.29, 0.717) is 0 Å². The molecule has 1 aliphatic rings. The molecule has 2 heteroatoms. The number of hydrogen-bond donors (Lipinski definition) is 1. The molecule has 0 heterocycles. The Morgan fingerprint density at radius 3 is 2.04 bits per heavy atom. The molecule has 1 nitrogen and oxygen atoms in total. The van der Waals surface area contributed by atoms with Gasteiger partial charge in [-0.05, 0) is 94.8 Å². The summed E-state index contributed by atoms with van der Waals surface area (Å²) in [5.41, 5.74) is 19.8. The van der Waals surface area contributed by atoms with Crippen molar-refractivity contribution in [3.63, 3.8) is 0 Å². The molecule has 1 unspecified atom stereocenters. The molecule has 6 aromatic rings. The molecule has 222 valence electrons. The molecular weight excluding hydrogens is 610 g/mol. The van der Waals surface area contributed by atoms with Gasteiger partial charge in [-0.15, -0.1) is 0 Å². The smallest absolute Gasteiger partial charge is 0.0792 e. The van der Waals surface area contributed by atoms with Gasteiger partial charge in [-0.1, -0.05) is 151 Å². The maximum absolute atomic E-state index is 6.46. The highest BCUT2D eigenvalue weighted by Gasteiger charge is 2.46. The van der Waals surface area contributed by atoms with Gasteiger partial charge in [0, 0.05) is 21.3 Å². The molecule has 0 saturated heterocycles. The Morgan fingerprint density at radius 2 is 1.38 bits per heavy atom. The van der Waals surface area contributed by atoms with Crippen molar-refractivity contribution < 1.29 is 0 Å². The van der Waals surface area contributed by atoms with Crippen LogP contribution in [0.25, 0.3) is 27.8 Å². The topological polar surface area (TPSA) is 26.0 Å². The number of allylic oxidation sites excluding steroid dienone is 1. The molecule has 1 atom stereocenters. The Balaban J connectivity index is 0.000000284. The van der Waals surface area contributed by atoms with E-state index in [1.807, 2.05) is 57.2 Å². The van der Waals surface area contributed by atoms with Gasteiger partial charge in [-0.25, -0.2) is 0 Å². The summed E-state index contributed by atoms with van der Waals surface area (Å²) in [5.74, 6) is 0. The van der Waals surface area contributed by atoms with Crippen LogP contribution >= 0.6 is 15.9 Å². The summed E-state index contributed by atoms with van der Waals surface area (Å²) < 4.78 is 1.11. The average Bonchev–Trinajstić information content (AvgIpc) is 3.37. The third-order valence-electron chi connectivity index (χ3n) is 8.16. The molecule has 45 heavy (non-hydrogen) atoms. The first-order valence-corrected chi connectivity index (χ1v) is 16.2. The van der Waals surface area contributed by atoms with E-state index >= 15 is 0 Å². The summed E-state index contributed by atoms with van der Waals surface area (Å²) >= 11 is 3.36. The number of nitrogen functional groups attached to an aromatic ring is 1. The Kier molecular flexibility index (Phi) is 9.72. The number of nitrogens with two attached hydrogens (primary N) is 1. The third kappa shape index (κ3) is 6.10. The van der Waals surface area contributed by atoms with E-state index in [1.165, 1.54) is 33.4 Å². The van der Waals surface area contributed by atoms with Gasteiger partial charge in [0.25, 0.3) is 0 Å². The van der Waals surface area contributed by atoms with Gasteiger partial charge in [0.1, 0.15) is 0 Å². The molecule has 0 saturated carbocycles. The molecule has 0 aromatic heterocycles. The lowest BCUT2D eigenvalue weighted by atomic mass is 9.68. The number of benzene rings is 5. The first kappa shape index (κ1) is 31.6. The van der Waals surface area contributed by atoms with E-state index in [1.54, 1.807) is 0 Å². The van der Waals surface area contributed by atoms with E-state index in [9.17, 15) is 0 Å². The van der Waals surface area contributed by atoms with Crippen LogP contribution in [-0.2, 0) is 5.41 Å². The van der Waals surface area contributed by atoms with Crippen molar-refractivity contribution in [2.45, 2.75) is 33.1 Å². The first-order valence-electron chi connectivity index (χ1n) is 15.4. The molecule has 6 aromatic carbocycles. The summed E-state index contributed by atoms with van der Waals surface area (Å²) in [6.07, 6.45) is 0. The van der Waals surface area contributed by atoms with Crippen LogP contribution in [0.3, 0.4) is 0 Å². The van der Waals surface area contributed by atoms with Crippen molar-refractivity contribution in [3.05, 3.63) is 190 Å². The Morgan fingerprint density at radius 1 is 0.711 bits per heavy atom. The van der Waals surface area contributed by atoms with Crippen LogP contribution in [0.5, 0.6) is 0 Å². The van der Waals surface area contributed by atoms with Crippen molar-refractivity contribution in [2.24, 2.45) is 0 Å². The minimum Gasteiger partial charge on any atom is -0.398 e. The molecule has 2 N–H and O–H groups in total. The highest BCUT2D eigenvalue weighted by molar-refractivity contribution is 9.10. The van der Waals surface area contributed by atoms with Gasteiger partial charge in [0.05, 0.1) is 5.41 Å². The van der Waals surface area contributed by atoms with Crippen LogP contribution in [0.15, 0.2) is 145 Å². The number of anilines is 1. The fraction of sp³-hybridized carbons (Fsp3) is 0.116. The number of halogens is 1. The Hall–Kier alpha value is -4.84. The lowest BCUT2D eigenvalue weighted by Gasteiger charge is -2.32. The van der Waals surface area contributed by atoms with Gasteiger partial charge in [0.15, 0.2) is 0 Å². The van der Waals surface area contributed by atoms with Gasteiger partial charge >= 0.3 is 0 Å². The first-order chi connectivity index (χ1) is 21.9. The standard InChI is InChI=1S/C32H23N.C9H9Br.C2H6/c1-22-16-18-26(31(33)20-22)23-17-19-28-27-14-8-9-15-29(27)32(30(28)21-23,24-10-4-2-5-11-24)25-12-6-3-7-13-25;1-7(2)8-3-5-9(10)6-4-8;1-2/h2-6,8-12,14-21H,33H2,1H3;3-6H,1H2,2H3;1-2H3. The van der Waals surface area contributed by atoms with E-state index in [0.717, 1.165) is 38.0 Å². The number of hydrogen-bond acceptors (Lipinski definition) is 1. The maximum Gasteiger partial charge on any atom is 0.0792 e. The van der Waals surface area contributed by atoms with Crippen molar-refractivity contribution in [1.29, 1.82) is 0 Å². The number of rotatable bonds is 4. The van der Waals surface area contributed by atoms with E-state index in [4.69, 9.17) is 5.73 Å². The average molecular weight is 649 g/mol. The van der Waals surface area contributed by atoms with Gasteiger partial charge in [-0.3, -0.25) is 0 Å². The van der Waals surface area contributed by atoms with Crippen LogP contribution in [0.4, 0.5) is 5.69 Å². The highest BCUT2D eigenvalue weighted by Crippen LogP contribution is 2.56. The normalized spacial score (nSPS) is 11.8. The minimum absolute atomic E-state index is 0.472. The highest BCUT2D eigenvalue weighted by atomic mass is 79.9. The lowest BCUT2D eigenvalue weighted by molar-refractivity contribution is 0.769. The molecule has 7 rings (SSSR count). The molecule has 0 aliphatic heterocycles. The molecule has 0 fully saturated rings. The summed E-state index contributed by atoms with van der Waals surface area (Å²) in [6, 6.07) is 53.5. The fourth-order valence-electron chi connectivity index (χ4n) is 6.14. The number of fused-ring (bicyclic) bond motifs is 3. The van der Waals surface area contributed by atoms with Crippen LogP contribution < -0.4 is 5.73 Å². The molecule has 0 bridgehead atoms. The third-order valence-corrected chi connectivity index (χ3v) is 8.69. The minimum atomic E-state index is -0.472. The van der Waals surface area contributed by atoms with Crippen molar-refractivity contribution in [3.8, 4) is 22.3 Å². The summed E-state index contributed by atoms with van der Waals surface area (Å²) in [6.45, 7) is 11.9. The Bertz CT molecular complexity index is 1860. The zero-order chi connectivity index (χ0) is 32.0. The summed E-state index contributed by atoms with van der Waals surface area (Å²) in [7, 11) is 0. The monoisotopic (exact) mass is 647 g/mol. The zero-order valence-electron chi connectivity index (χ0n) is 26.4. The van der Waals surface area contributed by atoms with E-state index < -0.39 is 5.41 Å². The maximum atomic E-state index is 6.46. The van der Waals surface area contributed by atoms with E-state index in [-0.39, 0.29) is 0 Å². The lowest BCUT2D eigenvalue weighted by Crippen LogP contribution is -2.28. The van der Waals surface area contributed by atoms with Gasteiger partial charge in [0.2, 0.25) is 0 Å². The quantitative estimate of drug-likeness (QED) is 0.189. The van der Waals surface area contributed by atoms with Crippen molar-refractivity contribution in [1.82, 2.24) is 0 Å². The summed E-state index contributed by atoms with van der Waals surface area (Å²) in [4.78, 5) is 0. The summed E-state index contributed by atoms with van der Waals surface area (Å²) in [5, 5.41) is 0. The SMILES string of the molecule is C=C(C)c1ccc(Br)cc1.CC.Cc1ccc(-c2ccc3c(c2)C(c2c#cccc2)(c2ccccc2)c2ccccc2-3)c(N)c1. The van der Waals surface area contributed by atoms with Crippen molar-refractivity contribution >= 4 is 27.2 Å². The molecule has 0 amide bonds. The van der Waals surface area contributed by atoms with E-state index in [2.05, 4.69) is 139 Å². The van der Waals surface area contributed by atoms with Crippen LogP contribution in [-0.4, -0.2) is 0 Å². The Labute approximate surface area is 277 Å². The number of aryl methyl sites for hydroxylation is 1.